The molecule has 3 heteroatoms. The third-order valence-corrected chi connectivity index (χ3v) is 8.33. The van der Waals surface area contributed by atoms with Crippen LogP contribution >= 0.6 is 0 Å². The third-order valence-electron chi connectivity index (χ3n) is 2.20. The number of unbranched alkanes of at least 4 members (excludes halogenated alkanes) is 2. The first-order chi connectivity index (χ1) is 7.74. The Bertz CT molecular complexity index is 194. The van der Waals surface area contributed by atoms with Crippen molar-refractivity contribution in [1.82, 2.24) is 0 Å². The van der Waals surface area contributed by atoms with Crippen molar-refractivity contribution in [2.75, 3.05) is 6.61 Å². The SMILES string of the molecule is CCCC[Te+](/C=C/C(=O)OCC)CCCC. The molecule has 0 fully saturated rings. The van der Waals surface area contributed by atoms with E-state index in [0.29, 0.717) is 6.61 Å². The van der Waals surface area contributed by atoms with Crippen LogP contribution in [0.2, 0.25) is 8.94 Å². The quantitative estimate of drug-likeness (QED) is 0.363. The number of rotatable bonds is 9. The molecule has 0 atom stereocenters. The maximum absolute atomic E-state index is 11.2. The molecular weight excluding hydrogens is 316 g/mol. The maximum atomic E-state index is 11.2. The van der Waals surface area contributed by atoms with Crippen LogP contribution in [0.3, 0.4) is 0 Å². The van der Waals surface area contributed by atoms with Crippen molar-refractivity contribution >= 4 is 25.5 Å². The fraction of sp³-hybridized carbons (Fsp3) is 0.769. The van der Waals surface area contributed by atoms with E-state index in [-0.39, 0.29) is 5.97 Å². The van der Waals surface area contributed by atoms with E-state index in [1.54, 1.807) is 6.08 Å². The summed E-state index contributed by atoms with van der Waals surface area (Å²) >= 11 is -1.14. The molecule has 94 valence electrons. The molecule has 0 unspecified atom stereocenters. The first kappa shape index (κ1) is 16.0. The van der Waals surface area contributed by atoms with E-state index < -0.39 is 19.6 Å². The van der Waals surface area contributed by atoms with E-state index in [0.717, 1.165) is 0 Å². The summed E-state index contributed by atoms with van der Waals surface area (Å²) in [5.41, 5.74) is 0. The van der Waals surface area contributed by atoms with Gasteiger partial charge in [0.1, 0.15) is 0 Å². The predicted molar refractivity (Wildman–Crippen MR) is 71.0 cm³/mol. The molecule has 0 amide bonds. The summed E-state index contributed by atoms with van der Waals surface area (Å²) in [7, 11) is 0. The summed E-state index contributed by atoms with van der Waals surface area (Å²) < 4.78 is 9.82. The molecule has 2 nitrogen and oxygen atoms in total. The number of ether oxygens (including phenoxy) is 1. The summed E-state index contributed by atoms with van der Waals surface area (Å²) in [6.45, 7) is 6.77. The van der Waals surface area contributed by atoms with Crippen molar-refractivity contribution in [2.24, 2.45) is 0 Å². The molecule has 0 N–H and O–H groups in total. The van der Waals surface area contributed by atoms with E-state index in [4.69, 9.17) is 4.74 Å². The van der Waals surface area contributed by atoms with Crippen LogP contribution < -0.4 is 0 Å². The molecule has 0 aromatic rings. The average Bonchev–Trinajstić information content (AvgIpc) is 2.28. The Kier molecular flexibility index (Phi) is 11.5. The Balaban J connectivity index is 4.01. The summed E-state index contributed by atoms with van der Waals surface area (Å²) in [4.78, 5) is 11.2. The van der Waals surface area contributed by atoms with Crippen LogP contribution in [0.5, 0.6) is 0 Å². The normalized spacial score (nSPS) is 11.2. The summed E-state index contributed by atoms with van der Waals surface area (Å²) in [5.74, 6) is -0.165. The number of esters is 1. The summed E-state index contributed by atoms with van der Waals surface area (Å²) in [5, 5.41) is 0. The van der Waals surface area contributed by atoms with E-state index in [9.17, 15) is 4.79 Å². The fourth-order valence-corrected chi connectivity index (χ4v) is 7.23. The third kappa shape index (κ3) is 9.24. The van der Waals surface area contributed by atoms with Gasteiger partial charge in [0.25, 0.3) is 0 Å². The van der Waals surface area contributed by atoms with Crippen molar-refractivity contribution in [3.8, 4) is 0 Å². The monoisotopic (exact) mass is 343 g/mol. The van der Waals surface area contributed by atoms with Gasteiger partial charge in [-0.2, -0.15) is 0 Å². The molecule has 0 aromatic heterocycles. The van der Waals surface area contributed by atoms with Gasteiger partial charge in [-0.1, -0.05) is 0 Å². The van der Waals surface area contributed by atoms with Crippen LogP contribution in [0.25, 0.3) is 0 Å². The molecular formula is C13H25O2Te+. The van der Waals surface area contributed by atoms with Gasteiger partial charge in [0.2, 0.25) is 0 Å². The van der Waals surface area contributed by atoms with E-state index in [1.165, 1.54) is 34.6 Å². The minimum absolute atomic E-state index is 0.165. The molecule has 0 saturated heterocycles. The second-order valence-electron chi connectivity index (χ2n) is 3.71. The van der Waals surface area contributed by atoms with Gasteiger partial charge in [-0.05, 0) is 0 Å². The van der Waals surface area contributed by atoms with Gasteiger partial charge in [-0.25, -0.2) is 0 Å². The molecule has 0 aromatic carbocycles. The number of carbonyl (C=O) groups excluding carboxylic acids is 1. The fourth-order valence-electron chi connectivity index (χ4n) is 1.24. The Morgan fingerprint density at radius 3 is 2.12 bits per heavy atom. The Morgan fingerprint density at radius 1 is 1.12 bits per heavy atom. The van der Waals surface area contributed by atoms with Crippen molar-refractivity contribution in [1.29, 1.82) is 0 Å². The van der Waals surface area contributed by atoms with E-state index >= 15 is 0 Å². The first-order valence-electron chi connectivity index (χ1n) is 6.25. The topological polar surface area (TPSA) is 26.3 Å². The first-order valence-corrected chi connectivity index (χ1v) is 10.9. The van der Waals surface area contributed by atoms with Gasteiger partial charge >= 0.3 is 107 Å². The van der Waals surface area contributed by atoms with Crippen molar-refractivity contribution < 1.29 is 9.53 Å². The van der Waals surface area contributed by atoms with Crippen molar-refractivity contribution in [3.05, 3.63) is 10.2 Å². The molecule has 0 bridgehead atoms. The second kappa shape index (κ2) is 11.5. The van der Waals surface area contributed by atoms with Crippen molar-refractivity contribution in [3.63, 3.8) is 0 Å². The molecule has 16 heavy (non-hydrogen) atoms. The molecule has 0 aliphatic carbocycles. The molecule has 0 radical (unpaired) electrons. The molecule has 0 spiro atoms. The molecule has 0 saturated carbocycles. The van der Waals surface area contributed by atoms with Crippen LogP contribution in [0.15, 0.2) is 10.2 Å². The minimum atomic E-state index is -1.14. The van der Waals surface area contributed by atoms with Crippen LogP contribution in [0.1, 0.15) is 46.5 Å². The Morgan fingerprint density at radius 2 is 1.69 bits per heavy atom. The van der Waals surface area contributed by atoms with E-state index in [2.05, 4.69) is 18.0 Å². The number of hydrogen-bond acceptors (Lipinski definition) is 2. The Hall–Kier alpha value is -0.000390. The summed E-state index contributed by atoms with van der Waals surface area (Å²) in [6.07, 6.45) is 6.82. The van der Waals surface area contributed by atoms with E-state index in [1.807, 2.05) is 6.92 Å². The van der Waals surface area contributed by atoms with Gasteiger partial charge in [0.15, 0.2) is 0 Å². The van der Waals surface area contributed by atoms with Gasteiger partial charge in [0, 0.05) is 0 Å². The number of hydrogen-bond donors (Lipinski definition) is 0. The predicted octanol–water partition coefficient (Wildman–Crippen LogP) is 3.74. The molecule has 0 aliphatic rings. The van der Waals surface area contributed by atoms with Crippen LogP contribution in [0, 0.1) is 0 Å². The van der Waals surface area contributed by atoms with Gasteiger partial charge in [0.05, 0.1) is 0 Å². The van der Waals surface area contributed by atoms with Crippen LogP contribution in [-0.4, -0.2) is 32.1 Å². The Labute approximate surface area is 107 Å². The zero-order valence-electron chi connectivity index (χ0n) is 10.8. The zero-order valence-corrected chi connectivity index (χ0v) is 13.2. The molecule has 0 rings (SSSR count). The van der Waals surface area contributed by atoms with Crippen LogP contribution in [-0.2, 0) is 9.53 Å². The average molecular weight is 341 g/mol. The number of carbonyl (C=O) groups is 1. The van der Waals surface area contributed by atoms with Gasteiger partial charge in [-0.3, -0.25) is 0 Å². The van der Waals surface area contributed by atoms with Crippen molar-refractivity contribution in [2.45, 2.75) is 55.4 Å². The van der Waals surface area contributed by atoms with Gasteiger partial charge < -0.3 is 0 Å². The van der Waals surface area contributed by atoms with Gasteiger partial charge in [-0.15, -0.1) is 0 Å². The van der Waals surface area contributed by atoms with Crippen LogP contribution in [0.4, 0.5) is 0 Å². The zero-order chi connectivity index (χ0) is 12.2. The molecule has 0 heterocycles. The summed E-state index contributed by atoms with van der Waals surface area (Å²) in [6, 6.07) is 0. The second-order valence-corrected chi connectivity index (χ2v) is 9.88. The molecule has 0 aliphatic heterocycles. The standard InChI is InChI=1S/C13H25O2Te/c1-4-7-10-16(11-8-5-2)12-9-13(14)15-6-3/h9,12H,4-8,10-11H2,1-3H3/q+1/b12-9+.